The molecule has 0 heterocycles. The summed E-state index contributed by atoms with van der Waals surface area (Å²) >= 11 is 0. The number of hydrogen-bond acceptors (Lipinski definition) is 2. The maximum Gasteiger partial charge on any atom is 0.306 e. The minimum absolute atomic E-state index is 0.194. The van der Waals surface area contributed by atoms with E-state index in [4.69, 9.17) is 5.11 Å². The van der Waals surface area contributed by atoms with Crippen molar-refractivity contribution in [3.63, 3.8) is 0 Å². The summed E-state index contributed by atoms with van der Waals surface area (Å²) in [6.07, 6.45) is 1.42. The van der Waals surface area contributed by atoms with Gasteiger partial charge in [-0.3, -0.25) is 9.59 Å². The van der Waals surface area contributed by atoms with Gasteiger partial charge in [-0.25, -0.2) is 0 Å². The average molecular weight is 170 g/mol. The minimum atomic E-state index is -0.768. The zero-order valence-corrected chi connectivity index (χ0v) is 7.46. The summed E-state index contributed by atoms with van der Waals surface area (Å²) in [5, 5.41) is 8.75. The number of carbonyl (C=O) groups excluding carboxylic acids is 1. The van der Waals surface area contributed by atoms with Gasteiger partial charge in [0.2, 0.25) is 0 Å². The number of hydrogen-bond donors (Lipinski definition) is 1. The summed E-state index contributed by atoms with van der Waals surface area (Å²) in [6, 6.07) is 0. The van der Waals surface area contributed by atoms with Crippen LogP contribution in [0.3, 0.4) is 0 Å². The molecule has 0 aromatic rings. The average Bonchev–Trinajstić information content (AvgIpc) is 1.94. The lowest BCUT2D eigenvalue weighted by molar-refractivity contribution is -0.146. The van der Waals surface area contributed by atoms with E-state index in [2.05, 4.69) is 0 Å². The van der Waals surface area contributed by atoms with E-state index < -0.39 is 11.4 Å². The number of carboxylic acid groups (broad SMARTS) is 1. The van der Waals surface area contributed by atoms with E-state index in [1.165, 1.54) is 0 Å². The molecule has 1 atom stereocenters. The molecule has 0 amide bonds. The number of aliphatic carboxylic acids is 1. The molecule has 0 spiro atoms. The lowest BCUT2D eigenvalue weighted by atomic mass is 9.71. The van der Waals surface area contributed by atoms with Crippen molar-refractivity contribution >= 4 is 11.8 Å². The monoisotopic (exact) mass is 170 g/mol. The van der Waals surface area contributed by atoms with Gasteiger partial charge in [0, 0.05) is 11.8 Å². The van der Waals surface area contributed by atoms with Gasteiger partial charge in [0.15, 0.2) is 0 Å². The molecule has 0 saturated heterocycles. The Bertz CT molecular complexity index is 218. The molecule has 1 rings (SSSR count). The molecule has 1 fully saturated rings. The Labute approximate surface area is 71.8 Å². The van der Waals surface area contributed by atoms with Crippen LogP contribution in [0.4, 0.5) is 0 Å². The largest absolute Gasteiger partial charge is 0.481 e. The summed E-state index contributed by atoms with van der Waals surface area (Å²) < 4.78 is 0. The zero-order valence-electron chi connectivity index (χ0n) is 7.46. The van der Waals surface area contributed by atoms with Gasteiger partial charge in [0.05, 0.1) is 5.92 Å². The first-order valence-electron chi connectivity index (χ1n) is 4.19. The third-order valence-electron chi connectivity index (χ3n) is 2.58. The normalized spacial score (nSPS) is 28.5. The van der Waals surface area contributed by atoms with Crippen molar-refractivity contribution in [1.82, 2.24) is 0 Å². The van der Waals surface area contributed by atoms with Gasteiger partial charge in [-0.05, 0) is 12.8 Å². The number of Topliss-reactive ketones (excluding diaryl/α,β-unsaturated/α-hetero) is 1. The van der Waals surface area contributed by atoms with Crippen LogP contribution in [-0.4, -0.2) is 16.9 Å². The fraction of sp³-hybridized carbons (Fsp3) is 0.778. The van der Waals surface area contributed by atoms with Crippen LogP contribution in [-0.2, 0) is 9.59 Å². The Kier molecular flexibility index (Phi) is 2.22. The van der Waals surface area contributed by atoms with Crippen molar-refractivity contribution in [2.24, 2.45) is 11.3 Å². The molecule has 0 aromatic carbocycles. The van der Waals surface area contributed by atoms with Gasteiger partial charge in [0.1, 0.15) is 5.78 Å². The van der Waals surface area contributed by atoms with Crippen LogP contribution < -0.4 is 0 Å². The Hall–Kier alpha value is -0.860. The highest BCUT2D eigenvalue weighted by atomic mass is 16.4. The predicted molar refractivity (Wildman–Crippen MR) is 43.8 cm³/mol. The molecule has 0 aliphatic heterocycles. The molecule has 1 aliphatic carbocycles. The lowest BCUT2D eigenvalue weighted by Crippen LogP contribution is -2.35. The first-order chi connectivity index (χ1) is 5.43. The second-order valence-corrected chi connectivity index (χ2v) is 4.09. The fourth-order valence-electron chi connectivity index (χ4n) is 1.69. The van der Waals surface area contributed by atoms with Crippen LogP contribution >= 0.6 is 0 Å². The van der Waals surface area contributed by atoms with Gasteiger partial charge < -0.3 is 5.11 Å². The minimum Gasteiger partial charge on any atom is -0.481 e. The fourth-order valence-corrected chi connectivity index (χ4v) is 1.69. The highest BCUT2D eigenvalue weighted by molar-refractivity contribution is 5.86. The number of rotatable bonds is 1. The zero-order chi connectivity index (χ0) is 9.35. The van der Waals surface area contributed by atoms with E-state index >= 15 is 0 Å². The Morgan fingerprint density at radius 2 is 2.17 bits per heavy atom. The van der Waals surface area contributed by atoms with Crippen LogP contribution in [0, 0.1) is 11.3 Å². The Morgan fingerprint density at radius 1 is 1.58 bits per heavy atom. The van der Waals surface area contributed by atoms with E-state index in [-0.39, 0.29) is 11.7 Å². The van der Waals surface area contributed by atoms with Crippen LogP contribution in [0.1, 0.15) is 33.1 Å². The van der Waals surface area contributed by atoms with Gasteiger partial charge in [-0.15, -0.1) is 0 Å². The van der Waals surface area contributed by atoms with E-state index in [1.54, 1.807) is 0 Å². The van der Waals surface area contributed by atoms with E-state index in [9.17, 15) is 9.59 Å². The summed E-state index contributed by atoms with van der Waals surface area (Å²) in [4.78, 5) is 21.9. The molecular weight excluding hydrogens is 156 g/mol. The van der Waals surface area contributed by atoms with Gasteiger partial charge >= 0.3 is 5.97 Å². The predicted octanol–water partition coefficient (Wildman–Crippen LogP) is 1.47. The van der Waals surface area contributed by atoms with Gasteiger partial charge in [0.25, 0.3) is 0 Å². The van der Waals surface area contributed by atoms with E-state index in [0.717, 1.165) is 0 Å². The molecule has 68 valence electrons. The smallest absolute Gasteiger partial charge is 0.306 e. The Balaban J connectivity index is 2.69. The summed E-state index contributed by atoms with van der Waals surface area (Å²) in [5.41, 5.74) is -0.429. The standard InChI is InChI=1S/C9H14O3/c1-9(2)5-6(8(11)12)3-4-7(9)10/h6H,3-5H2,1-2H3,(H,11,12). The van der Waals surface area contributed by atoms with Crippen LogP contribution in [0.25, 0.3) is 0 Å². The first kappa shape index (κ1) is 9.23. The van der Waals surface area contributed by atoms with Crippen molar-refractivity contribution in [3.05, 3.63) is 0 Å². The van der Waals surface area contributed by atoms with Crippen molar-refractivity contribution in [2.75, 3.05) is 0 Å². The van der Waals surface area contributed by atoms with Crippen molar-refractivity contribution in [2.45, 2.75) is 33.1 Å². The highest BCUT2D eigenvalue weighted by Crippen LogP contribution is 2.35. The molecule has 3 nitrogen and oxygen atoms in total. The molecule has 0 aromatic heterocycles. The van der Waals surface area contributed by atoms with Crippen molar-refractivity contribution in [1.29, 1.82) is 0 Å². The van der Waals surface area contributed by atoms with Gasteiger partial charge in [-0.2, -0.15) is 0 Å². The molecular formula is C9H14O3. The highest BCUT2D eigenvalue weighted by Gasteiger charge is 2.37. The maximum atomic E-state index is 11.3. The molecule has 12 heavy (non-hydrogen) atoms. The molecule has 0 bridgehead atoms. The topological polar surface area (TPSA) is 54.4 Å². The van der Waals surface area contributed by atoms with Crippen molar-refractivity contribution in [3.8, 4) is 0 Å². The first-order valence-corrected chi connectivity index (χ1v) is 4.19. The second kappa shape index (κ2) is 2.88. The van der Waals surface area contributed by atoms with E-state index in [0.29, 0.717) is 19.3 Å². The molecule has 0 radical (unpaired) electrons. The molecule has 1 N–H and O–H groups in total. The molecule has 1 saturated carbocycles. The summed E-state index contributed by atoms with van der Waals surface area (Å²) in [5.74, 6) is -0.895. The van der Waals surface area contributed by atoms with Crippen LogP contribution in [0.2, 0.25) is 0 Å². The third-order valence-corrected chi connectivity index (χ3v) is 2.58. The van der Waals surface area contributed by atoms with E-state index in [1.807, 2.05) is 13.8 Å². The van der Waals surface area contributed by atoms with Crippen LogP contribution in [0.15, 0.2) is 0 Å². The SMILES string of the molecule is CC1(C)CC(C(=O)O)CCC1=O. The maximum absolute atomic E-state index is 11.3. The summed E-state index contributed by atoms with van der Waals surface area (Å²) in [7, 11) is 0. The Morgan fingerprint density at radius 3 is 2.58 bits per heavy atom. The third kappa shape index (κ3) is 1.65. The second-order valence-electron chi connectivity index (χ2n) is 4.09. The number of ketones is 1. The van der Waals surface area contributed by atoms with Gasteiger partial charge in [-0.1, -0.05) is 13.8 Å². The number of carboxylic acids is 1. The molecule has 1 unspecified atom stereocenters. The molecule has 1 aliphatic rings. The quantitative estimate of drug-likeness (QED) is 0.648. The molecule has 3 heteroatoms. The lowest BCUT2D eigenvalue weighted by Gasteiger charge is -2.31. The number of carbonyl (C=O) groups is 2. The van der Waals surface area contributed by atoms with Crippen molar-refractivity contribution < 1.29 is 14.7 Å². The van der Waals surface area contributed by atoms with Crippen LogP contribution in [0.5, 0.6) is 0 Å². The summed E-state index contributed by atoms with van der Waals surface area (Å²) in [6.45, 7) is 3.65.